The molecule has 0 saturated carbocycles. The van der Waals surface area contributed by atoms with Crippen LogP contribution in [0.3, 0.4) is 0 Å². The van der Waals surface area contributed by atoms with Crippen molar-refractivity contribution in [2.75, 3.05) is 39.6 Å². The number of carbonyl (C=O) groups is 3. The van der Waals surface area contributed by atoms with Crippen LogP contribution in [0.1, 0.15) is 355 Å². The number of phosphoric ester groups is 2. The molecule has 0 saturated heterocycles. The molecular weight excluding hydrogens is 1270 g/mol. The first-order valence-corrected chi connectivity index (χ1v) is 42.2. The molecule has 0 aromatic carbocycles. The Morgan fingerprint density at radius 3 is 0.845 bits per heavy atom. The summed E-state index contributed by atoms with van der Waals surface area (Å²) in [7, 11) is -9.77. The largest absolute Gasteiger partial charge is 0.472 e. The quantitative estimate of drug-likeness (QED) is 0.0146. The second kappa shape index (κ2) is 72.8. The van der Waals surface area contributed by atoms with Crippen LogP contribution in [0, 0.1) is 0 Å². The fourth-order valence-electron chi connectivity index (χ4n) is 10.8. The molecule has 0 fully saturated rings. The Morgan fingerprint density at radius 2 is 0.515 bits per heavy atom. The Labute approximate surface area is 592 Å². The third-order valence-corrected chi connectivity index (χ3v) is 18.8. The van der Waals surface area contributed by atoms with Gasteiger partial charge in [0, 0.05) is 19.3 Å². The second-order valence-electron chi connectivity index (χ2n) is 26.5. The normalized spacial score (nSPS) is 14.4. The Morgan fingerprint density at radius 1 is 0.289 bits per heavy atom. The highest BCUT2D eigenvalue weighted by molar-refractivity contribution is 7.47. The summed E-state index contributed by atoms with van der Waals surface area (Å²) >= 11 is 0. The van der Waals surface area contributed by atoms with Gasteiger partial charge in [-0.25, -0.2) is 9.13 Å². The maximum Gasteiger partial charge on any atom is 0.472 e. The lowest BCUT2D eigenvalue weighted by Gasteiger charge is -2.21. The van der Waals surface area contributed by atoms with Gasteiger partial charge in [0.25, 0.3) is 0 Å². The Hall–Kier alpha value is -3.01. The van der Waals surface area contributed by atoms with Gasteiger partial charge in [-0.3, -0.25) is 32.5 Å². The third-order valence-electron chi connectivity index (χ3n) is 16.9. The number of rotatable bonds is 75. The molecule has 4 N–H and O–H groups in total. The molecule has 566 valence electrons. The van der Waals surface area contributed by atoms with Crippen molar-refractivity contribution in [1.82, 2.24) is 0 Å². The lowest BCUT2D eigenvalue weighted by Crippen LogP contribution is -2.30. The van der Waals surface area contributed by atoms with Crippen LogP contribution in [0.25, 0.3) is 0 Å². The SMILES string of the molecule is CCCCC/C=C\C/C=C\C/C=C\C/C=C\CCCCCCCCCCCCCCCCCCCCCC(=O)OCC(O)COP(=O)(O)OCC(O)COP(=O)(O)OCC(COC(=O)CCCCCCC/C=C\CCCCCC)OC(=O)CCCCCCC/C=C\CCCCCC. The molecular formula is C79H144O16P2. The van der Waals surface area contributed by atoms with Gasteiger partial charge in [0.05, 0.1) is 26.4 Å². The van der Waals surface area contributed by atoms with Crippen molar-refractivity contribution in [1.29, 1.82) is 0 Å². The molecule has 0 aliphatic carbocycles. The predicted octanol–water partition coefficient (Wildman–Crippen LogP) is 22.7. The average molecular weight is 1410 g/mol. The number of allylic oxidation sites excluding steroid dienone is 12. The van der Waals surface area contributed by atoms with Crippen LogP contribution in [-0.2, 0) is 55.8 Å². The van der Waals surface area contributed by atoms with Gasteiger partial charge < -0.3 is 34.2 Å². The van der Waals surface area contributed by atoms with Crippen LogP contribution in [0.4, 0.5) is 0 Å². The molecule has 0 heterocycles. The highest BCUT2D eigenvalue weighted by atomic mass is 31.2. The van der Waals surface area contributed by atoms with Crippen molar-refractivity contribution >= 4 is 33.6 Å². The topological polar surface area (TPSA) is 231 Å². The van der Waals surface area contributed by atoms with E-state index >= 15 is 0 Å². The van der Waals surface area contributed by atoms with Crippen LogP contribution < -0.4 is 0 Å². The number of unbranched alkanes of at least 4 members (excludes halogenated alkanes) is 40. The van der Waals surface area contributed by atoms with Crippen molar-refractivity contribution in [3.8, 4) is 0 Å². The molecule has 0 aromatic heterocycles. The van der Waals surface area contributed by atoms with Crippen molar-refractivity contribution in [3.63, 3.8) is 0 Å². The standard InChI is InChI=1S/C79H144O16P2/c1-4-7-10-13-16-19-22-25-26-27-28-29-30-31-32-33-34-35-36-37-38-39-40-41-42-43-44-45-46-49-51-53-56-59-62-65-77(82)89-68-74(80)69-91-96(85,86)92-70-75(81)71-93-97(87,88)94-73-76(95-79(84)67-64-61-58-55-52-48-24-21-18-15-12-9-6-3)72-90-78(83)66-63-60-57-54-50-47-23-20-17-14-11-8-5-2/h16,19-21,23-26,28-29,31-32,74-76,80-81H,4-15,17-18,22,27,30,33-73H2,1-3H3,(H,85,86)(H,87,88)/b19-16-,23-20-,24-21-,26-25-,29-28-,32-31-. The number of hydrogen-bond donors (Lipinski definition) is 4. The number of aliphatic hydroxyl groups is 2. The Bertz CT molecular complexity index is 2060. The lowest BCUT2D eigenvalue weighted by atomic mass is 10.0. The van der Waals surface area contributed by atoms with E-state index in [1.807, 2.05) is 0 Å². The molecule has 0 amide bonds. The molecule has 0 aliphatic rings. The first kappa shape index (κ1) is 94.0. The van der Waals surface area contributed by atoms with Crippen molar-refractivity contribution in [2.24, 2.45) is 0 Å². The smallest absolute Gasteiger partial charge is 0.463 e. The van der Waals surface area contributed by atoms with Gasteiger partial charge in [-0.15, -0.1) is 0 Å². The summed E-state index contributed by atoms with van der Waals surface area (Å²) in [5.41, 5.74) is 0. The molecule has 5 unspecified atom stereocenters. The predicted molar refractivity (Wildman–Crippen MR) is 399 cm³/mol. The number of ether oxygens (including phenoxy) is 3. The lowest BCUT2D eigenvalue weighted by molar-refractivity contribution is -0.161. The van der Waals surface area contributed by atoms with E-state index in [4.69, 9.17) is 32.3 Å². The number of carbonyl (C=O) groups excluding carboxylic acids is 3. The van der Waals surface area contributed by atoms with E-state index in [0.717, 1.165) is 116 Å². The number of phosphoric acid groups is 2. The summed E-state index contributed by atoms with van der Waals surface area (Å²) in [5, 5.41) is 20.6. The maximum atomic E-state index is 12.9. The molecule has 5 atom stereocenters. The minimum absolute atomic E-state index is 0.0963. The van der Waals surface area contributed by atoms with Gasteiger partial charge in [-0.1, -0.05) is 293 Å². The third kappa shape index (κ3) is 74.0. The van der Waals surface area contributed by atoms with Gasteiger partial charge >= 0.3 is 33.6 Å². The van der Waals surface area contributed by atoms with Gasteiger partial charge in [0.1, 0.15) is 25.4 Å². The molecule has 0 aromatic rings. The summed E-state index contributed by atoms with van der Waals surface area (Å²) in [6.07, 6.45) is 79.9. The molecule has 0 radical (unpaired) electrons. The monoisotopic (exact) mass is 1410 g/mol. The zero-order valence-electron chi connectivity index (χ0n) is 61.8. The van der Waals surface area contributed by atoms with E-state index in [0.29, 0.717) is 19.3 Å². The molecule has 0 rings (SSSR count). The fraction of sp³-hybridized carbons (Fsp3) is 0.810. The van der Waals surface area contributed by atoms with E-state index in [1.165, 1.54) is 180 Å². The zero-order valence-corrected chi connectivity index (χ0v) is 63.5. The van der Waals surface area contributed by atoms with E-state index in [1.54, 1.807) is 0 Å². The Balaban J connectivity index is 4.27. The molecule has 16 nitrogen and oxygen atoms in total. The minimum Gasteiger partial charge on any atom is -0.463 e. The molecule has 0 aliphatic heterocycles. The maximum absolute atomic E-state index is 12.9. The van der Waals surface area contributed by atoms with E-state index < -0.39 is 91.5 Å². The van der Waals surface area contributed by atoms with E-state index in [2.05, 4.69) is 93.7 Å². The van der Waals surface area contributed by atoms with Gasteiger partial charge in [0.15, 0.2) is 6.10 Å². The van der Waals surface area contributed by atoms with Crippen LogP contribution in [0.15, 0.2) is 72.9 Å². The molecule has 0 spiro atoms. The summed E-state index contributed by atoms with van der Waals surface area (Å²) in [4.78, 5) is 58.4. The molecule has 97 heavy (non-hydrogen) atoms. The number of aliphatic hydroxyl groups excluding tert-OH is 2. The molecule has 18 heteroatoms. The highest BCUT2D eigenvalue weighted by Crippen LogP contribution is 2.45. The Kier molecular flexibility index (Phi) is 70.5. The summed E-state index contributed by atoms with van der Waals surface area (Å²) in [6.45, 7) is 2.63. The summed E-state index contributed by atoms with van der Waals surface area (Å²) in [6, 6.07) is 0. The summed E-state index contributed by atoms with van der Waals surface area (Å²) in [5.74, 6) is -1.58. The van der Waals surface area contributed by atoms with Crippen LogP contribution in [0.5, 0.6) is 0 Å². The van der Waals surface area contributed by atoms with Gasteiger partial charge in [-0.2, -0.15) is 0 Å². The van der Waals surface area contributed by atoms with Crippen molar-refractivity contribution < 1.29 is 75.8 Å². The minimum atomic E-state index is -4.92. The van der Waals surface area contributed by atoms with Crippen LogP contribution in [-0.4, -0.2) is 95.9 Å². The zero-order chi connectivity index (χ0) is 70.9. The van der Waals surface area contributed by atoms with Crippen molar-refractivity contribution in [2.45, 2.75) is 373 Å². The number of esters is 3. The average Bonchev–Trinajstić information content (AvgIpc) is 1.57. The molecule has 0 bridgehead atoms. The first-order chi connectivity index (χ1) is 47.2. The van der Waals surface area contributed by atoms with Crippen molar-refractivity contribution in [3.05, 3.63) is 72.9 Å². The van der Waals surface area contributed by atoms with Crippen LogP contribution >= 0.6 is 15.6 Å². The van der Waals surface area contributed by atoms with Gasteiger partial charge in [0.2, 0.25) is 0 Å². The fourth-order valence-corrected chi connectivity index (χ4v) is 12.4. The second-order valence-corrected chi connectivity index (χ2v) is 29.4. The van der Waals surface area contributed by atoms with E-state index in [-0.39, 0.29) is 19.3 Å². The number of hydrogen-bond acceptors (Lipinski definition) is 14. The highest BCUT2D eigenvalue weighted by Gasteiger charge is 2.29. The first-order valence-electron chi connectivity index (χ1n) is 39.2. The summed E-state index contributed by atoms with van der Waals surface area (Å²) < 4.78 is 60.9. The van der Waals surface area contributed by atoms with E-state index in [9.17, 15) is 43.5 Å². The van der Waals surface area contributed by atoms with Gasteiger partial charge in [-0.05, 0) is 116 Å². The van der Waals surface area contributed by atoms with Crippen LogP contribution in [0.2, 0.25) is 0 Å².